The summed E-state index contributed by atoms with van der Waals surface area (Å²) in [6.45, 7) is 8.58. The summed E-state index contributed by atoms with van der Waals surface area (Å²) in [6.07, 6.45) is 1.85. The van der Waals surface area contributed by atoms with E-state index in [1.807, 2.05) is 30.5 Å². The average Bonchev–Trinajstić information content (AvgIpc) is 2.96. The summed E-state index contributed by atoms with van der Waals surface area (Å²) < 4.78 is 2.08. The third-order valence-electron chi connectivity index (χ3n) is 4.13. The maximum Gasteiger partial charge on any atom is 0.271 e. The summed E-state index contributed by atoms with van der Waals surface area (Å²) in [5.41, 5.74) is 1.38. The van der Waals surface area contributed by atoms with Crippen molar-refractivity contribution in [1.29, 1.82) is 0 Å². The number of nitrogens with one attached hydrogen (secondary N) is 1. The van der Waals surface area contributed by atoms with Crippen molar-refractivity contribution in [3.63, 3.8) is 0 Å². The molecule has 0 aliphatic carbocycles. The van der Waals surface area contributed by atoms with E-state index in [2.05, 4.69) is 33.6 Å². The van der Waals surface area contributed by atoms with Crippen LogP contribution in [0.25, 0.3) is 0 Å². The van der Waals surface area contributed by atoms with Gasteiger partial charge < -0.3 is 9.88 Å². The number of nitrogens with zero attached hydrogens (tertiary/aromatic N) is 3. The molecule has 2 heterocycles. The van der Waals surface area contributed by atoms with Crippen LogP contribution < -0.4 is 5.32 Å². The number of fused-ring (bicyclic) bond motifs is 1. The van der Waals surface area contributed by atoms with E-state index in [4.69, 9.17) is 11.6 Å². The van der Waals surface area contributed by atoms with Gasteiger partial charge in [-0.25, -0.2) is 4.98 Å². The highest BCUT2D eigenvalue weighted by Crippen LogP contribution is 2.16. The lowest BCUT2D eigenvalue weighted by Crippen LogP contribution is -2.35. The minimum Gasteiger partial charge on any atom is -0.347 e. The molecule has 0 radical (unpaired) electrons. The van der Waals surface area contributed by atoms with Gasteiger partial charge in [0.1, 0.15) is 11.5 Å². The van der Waals surface area contributed by atoms with E-state index in [-0.39, 0.29) is 5.91 Å². The molecular formula is C18H23ClN4O. The quantitative estimate of drug-likeness (QED) is 0.905. The average molecular weight is 347 g/mol. The topological polar surface area (TPSA) is 50.2 Å². The van der Waals surface area contributed by atoms with Gasteiger partial charge in [0.05, 0.1) is 6.54 Å². The molecular weight excluding hydrogens is 324 g/mol. The molecule has 2 aromatic rings. The van der Waals surface area contributed by atoms with Crippen LogP contribution in [-0.4, -0.2) is 33.4 Å². The van der Waals surface area contributed by atoms with E-state index >= 15 is 0 Å². The zero-order valence-corrected chi connectivity index (χ0v) is 14.9. The second-order valence-electron chi connectivity index (χ2n) is 6.64. The summed E-state index contributed by atoms with van der Waals surface area (Å²) >= 11 is 6.12. The lowest BCUT2D eigenvalue weighted by molar-refractivity contribution is 0.0946. The van der Waals surface area contributed by atoms with Crippen LogP contribution in [0.4, 0.5) is 0 Å². The van der Waals surface area contributed by atoms with Crippen molar-refractivity contribution in [3.05, 3.63) is 52.6 Å². The van der Waals surface area contributed by atoms with Crippen molar-refractivity contribution in [2.24, 2.45) is 5.92 Å². The summed E-state index contributed by atoms with van der Waals surface area (Å²) in [6, 6.07) is 7.51. The minimum absolute atomic E-state index is 0.160. The number of halogens is 1. The van der Waals surface area contributed by atoms with Gasteiger partial charge in [0, 0.05) is 37.4 Å². The fourth-order valence-corrected chi connectivity index (χ4v) is 3.19. The molecule has 1 aromatic heterocycles. The van der Waals surface area contributed by atoms with Crippen LogP contribution in [0.1, 0.15) is 35.7 Å². The first-order chi connectivity index (χ1) is 11.5. The van der Waals surface area contributed by atoms with Crippen LogP contribution in [0.5, 0.6) is 0 Å². The molecule has 6 heteroatoms. The number of hydrogen-bond donors (Lipinski definition) is 1. The Morgan fingerprint density at radius 2 is 2.12 bits per heavy atom. The number of hydrogen-bond acceptors (Lipinski definition) is 3. The zero-order valence-electron chi connectivity index (χ0n) is 14.1. The predicted molar refractivity (Wildman–Crippen MR) is 95.0 cm³/mol. The molecule has 3 rings (SSSR count). The van der Waals surface area contributed by atoms with Crippen LogP contribution in [0.15, 0.2) is 30.5 Å². The fraction of sp³-hybridized carbons (Fsp3) is 0.444. The van der Waals surface area contributed by atoms with Crippen LogP contribution in [0.3, 0.4) is 0 Å². The molecule has 1 N–H and O–H groups in total. The first-order valence-electron chi connectivity index (χ1n) is 8.33. The van der Waals surface area contributed by atoms with Gasteiger partial charge in [0.15, 0.2) is 0 Å². The SMILES string of the molecule is CC(C)CN1CCn2cc(C(=O)NCc3ccccc3Cl)nc2C1. The molecule has 1 aromatic carbocycles. The van der Waals surface area contributed by atoms with Gasteiger partial charge in [0.2, 0.25) is 0 Å². The maximum absolute atomic E-state index is 12.4. The Hall–Kier alpha value is -1.85. The van der Waals surface area contributed by atoms with Gasteiger partial charge in [-0.2, -0.15) is 0 Å². The smallest absolute Gasteiger partial charge is 0.271 e. The second kappa shape index (κ2) is 7.36. The number of carbonyl (C=O) groups is 1. The van der Waals surface area contributed by atoms with E-state index in [9.17, 15) is 4.79 Å². The van der Waals surface area contributed by atoms with Crippen molar-refractivity contribution in [2.75, 3.05) is 13.1 Å². The minimum atomic E-state index is -0.160. The highest BCUT2D eigenvalue weighted by Gasteiger charge is 2.21. The number of carbonyl (C=O) groups excluding carboxylic acids is 1. The number of imidazole rings is 1. The van der Waals surface area contributed by atoms with Gasteiger partial charge in [0.25, 0.3) is 5.91 Å². The van der Waals surface area contributed by atoms with E-state index in [0.29, 0.717) is 23.2 Å². The monoisotopic (exact) mass is 346 g/mol. The molecule has 0 atom stereocenters. The first kappa shape index (κ1) is 17.0. The molecule has 128 valence electrons. The van der Waals surface area contributed by atoms with Gasteiger partial charge >= 0.3 is 0 Å². The fourth-order valence-electron chi connectivity index (χ4n) is 2.99. The number of benzene rings is 1. The Balaban J connectivity index is 1.63. The summed E-state index contributed by atoms with van der Waals surface area (Å²) in [5, 5.41) is 3.55. The largest absolute Gasteiger partial charge is 0.347 e. The molecule has 0 bridgehead atoms. The van der Waals surface area contributed by atoms with E-state index in [1.54, 1.807) is 0 Å². The number of amides is 1. The predicted octanol–water partition coefficient (Wildman–Crippen LogP) is 2.94. The third kappa shape index (κ3) is 3.97. The molecule has 0 unspecified atom stereocenters. The second-order valence-corrected chi connectivity index (χ2v) is 7.05. The number of rotatable bonds is 5. The van der Waals surface area contributed by atoms with E-state index in [1.165, 1.54) is 0 Å². The third-order valence-corrected chi connectivity index (χ3v) is 4.50. The van der Waals surface area contributed by atoms with Crippen LogP contribution >= 0.6 is 11.6 Å². The van der Waals surface area contributed by atoms with Crippen molar-refractivity contribution in [2.45, 2.75) is 33.5 Å². The Labute approximate surface area is 147 Å². The van der Waals surface area contributed by atoms with Crippen LogP contribution in [0.2, 0.25) is 5.02 Å². The molecule has 0 saturated carbocycles. The molecule has 5 nitrogen and oxygen atoms in total. The van der Waals surface area contributed by atoms with Crippen LogP contribution in [-0.2, 0) is 19.6 Å². The van der Waals surface area contributed by atoms with Gasteiger partial charge in [-0.05, 0) is 17.5 Å². The summed E-state index contributed by atoms with van der Waals surface area (Å²) in [4.78, 5) is 19.3. The first-order valence-corrected chi connectivity index (χ1v) is 8.70. The highest BCUT2D eigenvalue weighted by atomic mass is 35.5. The molecule has 24 heavy (non-hydrogen) atoms. The van der Waals surface area contributed by atoms with Gasteiger partial charge in [-0.1, -0.05) is 43.6 Å². The van der Waals surface area contributed by atoms with Gasteiger partial charge in [-0.3, -0.25) is 9.69 Å². The standard InChI is InChI=1S/C18H23ClN4O/c1-13(2)10-22-7-8-23-11-16(21-17(23)12-22)18(24)20-9-14-5-3-4-6-15(14)19/h3-6,11,13H,7-10,12H2,1-2H3,(H,20,24). The molecule has 0 saturated heterocycles. The normalized spacial score (nSPS) is 14.7. The Morgan fingerprint density at radius 1 is 1.33 bits per heavy atom. The Bertz CT molecular complexity index is 726. The molecule has 1 aliphatic heterocycles. The van der Waals surface area contributed by atoms with Crippen molar-refractivity contribution in [1.82, 2.24) is 19.8 Å². The van der Waals surface area contributed by atoms with Crippen molar-refractivity contribution >= 4 is 17.5 Å². The molecule has 1 aliphatic rings. The van der Waals surface area contributed by atoms with Crippen LogP contribution in [0, 0.1) is 5.92 Å². The Kier molecular flexibility index (Phi) is 5.21. The molecule has 1 amide bonds. The lowest BCUT2D eigenvalue weighted by Gasteiger charge is -2.28. The highest BCUT2D eigenvalue weighted by molar-refractivity contribution is 6.31. The van der Waals surface area contributed by atoms with E-state index in [0.717, 1.165) is 37.6 Å². The van der Waals surface area contributed by atoms with Crippen molar-refractivity contribution < 1.29 is 4.79 Å². The summed E-state index contributed by atoms with van der Waals surface area (Å²) in [5.74, 6) is 1.43. The lowest BCUT2D eigenvalue weighted by atomic mass is 10.2. The maximum atomic E-state index is 12.4. The number of aromatic nitrogens is 2. The zero-order chi connectivity index (χ0) is 17.1. The summed E-state index contributed by atoms with van der Waals surface area (Å²) in [7, 11) is 0. The van der Waals surface area contributed by atoms with Gasteiger partial charge in [-0.15, -0.1) is 0 Å². The Morgan fingerprint density at radius 3 is 2.88 bits per heavy atom. The van der Waals surface area contributed by atoms with E-state index < -0.39 is 0 Å². The van der Waals surface area contributed by atoms with Crippen molar-refractivity contribution in [3.8, 4) is 0 Å². The molecule has 0 fully saturated rings. The molecule has 0 spiro atoms.